The first-order valence-corrected chi connectivity index (χ1v) is 12.5. The number of rotatable bonds is 8. The molecule has 0 saturated carbocycles. The van der Waals surface area contributed by atoms with Gasteiger partial charge in [-0.2, -0.15) is 0 Å². The van der Waals surface area contributed by atoms with Crippen LogP contribution in [-0.2, 0) is 31.9 Å². The van der Waals surface area contributed by atoms with E-state index in [9.17, 15) is 14.0 Å². The molecule has 1 saturated heterocycles. The van der Waals surface area contributed by atoms with Gasteiger partial charge in [-0.25, -0.2) is 14.2 Å². The Hall–Kier alpha value is -3.25. The van der Waals surface area contributed by atoms with Gasteiger partial charge in [0.15, 0.2) is 22.1 Å². The molecule has 0 amide bonds. The third-order valence-corrected chi connectivity index (χ3v) is 7.24. The average molecular weight is 500 g/mol. The van der Waals surface area contributed by atoms with Crippen LogP contribution in [0.1, 0.15) is 19.3 Å². The molecule has 0 bridgehead atoms. The zero-order valence-electron chi connectivity index (χ0n) is 19.6. The van der Waals surface area contributed by atoms with Gasteiger partial charge in [0.1, 0.15) is 5.82 Å². The zero-order valence-corrected chi connectivity index (χ0v) is 20.4. The minimum Gasteiger partial charge on any atom is -0.376 e. The number of hydrogen-bond donors (Lipinski definition) is 0. The van der Waals surface area contributed by atoms with Gasteiger partial charge in [-0.15, -0.1) is 10.2 Å². The highest BCUT2D eigenvalue weighted by molar-refractivity contribution is 7.99. The lowest BCUT2D eigenvalue weighted by Gasteiger charge is -2.15. The number of ether oxygens (including phenoxy) is 1. The summed E-state index contributed by atoms with van der Waals surface area (Å²) in [5, 5.41) is 9.47. The molecule has 0 spiro atoms. The lowest BCUT2D eigenvalue weighted by atomic mass is 10.2. The second-order valence-electron chi connectivity index (χ2n) is 8.59. The van der Waals surface area contributed by atoms with E-state index >= 15 is 0 Å². The summed E-state index contributed by atoms with van der Waals surface area (Å²) >= 11 is 1.51. The van der Waals surface area contributed by atoms with E-state index in [1.165, 1.54) is 39.4 Å². The average Bonchev–Trinajstić information content (AvgIpc) is 3.59. The fourth-order valence-electron chi connectivity index (χ4n) is 4.34. The first kappa shape index (κ1) is 23.5. The number of imidazole rings is 1. The summed E-state index contributed by atoms with van der Waals surface area (Å²) in [6.45, 7) is 1.63. The van der Waals surface area contributed by atoms with Gasteiger partial charge in [-0.3, -0.25) is 18.5 Å². The van der Waals surface area contributed by atoms with Crippen molar-refractivity contribution in [1.29, 1.82) is 0 Å². The summed E-state index contributed by atoms with van der Waals surface area (Å²) in [5.74, 6) is 0.987. The van der Waals surface area contributed by atoms with Crippen molar-refractivity contribution in [3.8, 4) is 11.4 Å². The maximum absolute atomic E-state index is 13.4. The Kier molecular flexibility index (Phi) is 6.56. The first-order chi connectivity index (χ1) is 16.9. The van der Waals surface area contributed by atoms with E-state index in [0.29, 0.717) is 35.7 Å². The van der Waals surface area contributed by atoms with Gasteiger partial charge in [0, 0.05) is 38.6 Å². The molecule has 1 aromatic carbocycles. The standard InChI is InChI=1S/C23H26FN7O3S/c1-28-14-25-20-18(28)21(32)30(23(33)29(20)2)10-4-12-35-22-27-26-19(15-6-8-16(24)9-7-15)31(22)13-17-5-3-11-34-17/h6-9,14,17H,3-5,10-13H2,1-2H3/t17-/m0/s1. The fourth-order valence-corrected chi connectivity index (χ4v) is 5.22. The summed E-state index contributed by atoms with van der Waals surface area (Å²) in [5.41, 5.74) is 0.839. The van der Waals surface area contributed by atoms with E-state index in [0.717, 1.165) is 30.2 Å². The summed E-state index contributed by atoms with van der Waals surface area (Å²) in [6, 6.07) is 6.20. The molecule has 12 heteroatoms. The first-order valence-electron chi connectivity index (χ1n) is 11.5. The van der Waals surface area contributed by atoms with Crippen LogP contribution in [0, 0.1) is 5.82 Å². The molecule has 4 aromatic rings. The van der Waals surface area contributed by atoms with Crippen LogP contribution in [0.4, 0.5) is 4.39 Å². The monoisotopic (exact) mass is 499 g/mol. The van der Waals surface area contributed by atoms with Crippen LogP contribution in [0.2, 0.25) is 0 Å². The highest BCUT2D eigenvalue weighted by Gasteiger charge is 2.22. The summed E-state index contributed by atoms with van der Waals surface area (Å²) in [7, 11) is 3.36. The summed E-state index contributed by atoms with van der Waals surface area (Å²) in [4.78, 5) is 29.8. The van der Waals surface area contributed by atoms with Crippen molar-refractivity contribution in [2.75, 3.05) is 12.4 Å². The lowest BCUT2D eigenvalue weighted by molar-refractivity contribution is 0.0953. The molecule has 1 fully saturated rings. The molecule has 1 aliphatic heterocycles. The van der Waals surface area contributed by atoms with E-state index in [-0.39, 0.29) is 29.7 Å². The Labute approximate surface area is 204 Å². The predicted octanol–water partition coefficient (Wildman–Crippen LogP) is 2.19. The summed E-state index contributed by atoms with van der Waals surface area (Å²) in [6.07, 6.45) is 4.18. The van der Waals surface area contributed by atoms with Crippen LogP contribution in [0.5, 0.6) is 0 Å². The molecule has 5 rings (SSSR count). The minimum absolute atomic E-state index is 0.0803. The number of aryl methyl sites for hydroxylation is 2. The Morgan fingerprint density at radius 2 is 1.94 bits per heavy atom. The number of benzene rings is 1. The smallest absolute Gasteiger partial charge is 0.332 e. The van der Waals surface area contributed by atoms with E-state index in [1.54, 1.807) is 30.8 Å². The molecular formula is C23H26FN7O3S. The number of halogens is 1. The Morgan fingerprint density at radius 1 is 1.14 bits per heavy atom. The van der Waals surface area contributed by atoms with E-state index in [1.807, 2.05) is 4.57 Å². The van der Waals surface area contributed by atoms with Crippen molar-refractivity contribution in [3.63, 3.8) is 0 Å². The van der Waals surface area contributed by atoms with Crippen LogP contribution in [-0.4, -0.2) is 51.9 Å². The quantitative estimate of drug-likeness (QED) is 0.271. The Balaban J connectivity index is 1.34. The number of thioether (sulfide) groups is 1. The van der Waals surface area contributed by atoms with Crippen molar-refractivity contribution in [2.45, 2.75) is 43.6 Å². The number of nitrogens with zero attached hydrogens (tertiary/aromatic N) is 7. The second kappa shape index (κ2) is 9.78. The fraction of sp³-hybridized carbons (Fsp3) is 0.435. The second-order valence-corrected chi connectivity index (χ2v) is 9.65. The van der Waals surface area contributed by atoms with Gasteiger partial charge < -0.3 is 9.30 Å². The van der Waals surface area contributed by atoms with Gasteiger partial charge in [0.2, 0.25) is 0 Å². The lowest BCUT2D eigenvalue weighted by Crippen LogP contribution is -2.39. The molecule has 35 heavy (non-hydrogen) atoms. The molecule has 0 radical (unpaired) electrons. The SMILES string of the molecule is Cn1cnc2c1c(=O)n(CCCSc1nnc(-c3ccc(F)cc3)n1C[C@@H]1CCCO1)c(=O)n2C. The van der Waals surface area contributed by atoms with Crippen molar-refractivity contribution < 1.29 is 9.13 Å². The van der Waals surface area contributed by atoms with Gasteiger partial charge in [-0.1, -0.05) is 11.8 Å². The van der Waals surface area contributed by atoms with Crippen molar-refractivity contribution in [1.82, 2.24) is 33.4 Å². The molecule has 3 aromatic heterocycles. The molecular weight excluding hydrogens is 473 g/mol. The highest BCUT2D eigenvalue weighted by Crippen LogP contribution is 2.27. The van der Waals surface area contributed by atoms with Gasteiger partial charge >= 0.3 is 5.69 Å². The number of hydrogen-bond acceptors (Lipinski definition) is 7. The maximum Gasteiger partial charge on any atom is 0.332 e. The predicted molar refractivity (Wildman–Crippen MR) is 130 cm³/mol. The van der Waals surface area contributed by atoms with E-state index in [4.69, 9.17) is 4.74 Å². The van der Waals surface area contributed by atoms with Crippen LogP contribution >= 0.6 is 11.8 Å². The van der Waals surface area contributed by atoms with Crippen molar-refractivity contribution in [2.24, 2.45) is 14.1 Å². The van der Waals surface area contributed by atoms with E-state index < -0.39 is 0 Å². The third kappa shape index (κ3) is 4.55. The van der Waals surface area contributed by atoms with Crippen LogP contribution in [0.3, 0.4) is 0 Å². The van der Waals surface area contributed by atoms with E-state index in [2.05, 4.69) is 15.2 Å². The topological polar surface area (TPSA) is 102 Å². The molecule has 10 nitrogen and oxygen atoms in total. The Bertz CT molecular complexity index is 1470. The molecule has 4 heterocycles. The summed E-state index contributed by atoms with van der Waals surface area (Å²) < 4.78 is 25.6. The van der Waals surface area contributed by atoms with Crippen molar-refractivity contribution in [3.05, 3.63) is 57.2 Å². The largest absolute Gasteiger partial charge is 0.376 e. The third-order valence-electron chi connectivity index (χ3n) is 6.19. The molecule has 184 valence electrons. The zero-order chi connectivity index (χ0) is 24.5. The van der Waals surface area contributed by atoms with Crippen molar-refractivity contribution >= 4 is 22.9 Å². The number of fused-ring (bicyclic) bond motifs is 1. The molecule has 0 N–H and O–H groups in total. The van der Waals surface area contributed by atoms with Crippen LogP contribution < -0.4 is 11.2 Å². The van der Waals surface area contributed by atoms with Crippen LogP contribution in [0.25, 0.3) is 22.6 Å². The number of aromatic nitrogens is 7. The van der Waals surface area contributed by atoms with Gasteiger partial charge in [-0.05, 0) is 43.5 Å². The van der Waals surface area contributed by atoms with Gasteiger partial charge in [0.05, 0.1) is 19.0 Å². The minimum atomic E-state index is -0.383. The molecule has 1 aliphatic rings. The maximum atomic E-state index is 13.4. The van der Waals surface area contributed by atoms with Gasteiger partial charge in [0.25, 0.3) is 5.56 Å². The normalized spacial score (nSPS) is 15.9. The molecule has 0 unspecified atom stereocenters. The van der Waals surface area contributed by atoms with Crippen LogP contribution in [0.15, 0.2) is 45.3 Å². The highest BCUT2D eigenvalue weighted by atomic mass is 32.2. The molecule has 1 atom stereocenters. The molecule has 0 aliphatic carbocycles. The Morgan fingerprint density at radius 3 is 2.69 bits per heavy atom.